The molecule has 0 saturated carbocycles. The van der Waals surface area contributed by atoms with E-state index in [2.05, 4.69) is 20.4 Å². The maximum absolute atomic E-state index is 13.9. The predicted molar refractivity (Wildman–Crippen MR) is 142 cm³/mol. The summed E-state index contributed by atoms with van der Waals surface area (Å²) in [7, 11) is 0. The van der Waals surface area contributed by atoms with Crippen LogP contribution < -0.4 is 15.5 Å². The first-order valence-electron chi connectivity index (χ1n) is 11.5. The van der Waals surface area contributed by atoms with Crippen molar-refractivity contribution in [3.05, 3.63) is 99.4 Å². The normalized spacial score (nSPS) is 13.8. The van der Waals surface area contributed by atoms with Crippen LogP contribution >= 0.6 is 12.2 Å². The third-order valence-corrected chi connectivity index (χ3v) is 6.39. The number of benzene rings is 3. The lowest BCUT2D eigenvalue weighted by molar-refractivity contribution is -0.385. The maximum atomic E-state index is 13.9. The minimum Gasteiger partial charge on any atom is -0.369 e. The molecule has 3 aromatic carbocycles. The van der Waals surface area contributed by atoms with E-state index in [0.717, 1.165) is 31.9 Å². The van der Waals surface area contributed by atoms with Crippen molar-refractivity contribution in [2.45, 2.75) is 13.5 Å². The molecular formula is C26H26FN5O3S. The van der Waals surface area contributed by atoms with Crippen molar-refractivity contribution in [3.8, 4) is 0 Å². The van der Waals surface area contributed by atoms with Gasteiger partial charge in [-0.1, -0.05) is 24.3 Å². The SMILES string of the molecule is Cc1c(C(=O)NC(=S)Nc2ccc(N3CCN(Cc4ccccc4F)CC3)cc2)cccc1[N+](=O)[O-]. The van der Waals surface area contributed by atoms with Gasteiger partial charge in [-0.15, -0.1) is 0 Å². The first-order chi connectivity index (χ1) is 17.3. The topological polar surface area (TPSA) is 90.8 Å². The summed E-state index contributed by atoms with van der Waals surface area (Å²) in [5.74, 6) is -0.684. The summed E-state index contributed by atoms with van der Waals surface area (Å²) in [6.45, 7) is 5.46. The predicted octanol–water partition coefficient (Wildman–Crippen LogP) is 4.49. The Hall–Kier alpha value is -3.89. The first-order valence-corrected chi connectivity index (χ1v) is 11.9. The van der Waals surface area contributed by atoms with Gasteiger partial charge in [0.15, 0.2) is 5.11 Å². The van der Waals surface area contributed by atoms with Crippen LogP contribution in [0.2, 0.25) is 0 Å². The summed E-state index contributed by atoms with van der Waals surface area (Å²) in [6.07, 6.45) is 0. The highest BCUT2D eigenvalue weighted by Gasteiger charge is 2.20. The van der Waals surface area contributed by atoms with Gasteiger partial charge in [-0.2, -0.15) is 0 Å². The largest absolute Gasteiger partial charge is 0.369 e. The number of nitrogens with one attached hydrogen (secondary N) is 2. The molecule has 0 spiro atoms. The van der Waals surface area contributed by atoms with Crippen molar-refractivity contribution in [2.75, 3.05) is 36.4 Å². The fourth-order valence-corrected chi connectivity index (χ4v) is 4.40. The molecule has 0 bridgehead atoms. The molecule has 36 heavy (non-hydrogen) atoms. The lowest BCUT2D eigenvalue weighted by Gasteiger charge is -2.36. The van der Waals surface area contributed by atoms with Gasteiger partial charge in [0.1, 0.15) is 5.82 Å². The van der Waals surface area contributed by atoms with Crippen molar-refractivity contribution in [1.29, 1.82) is 0 Å². The average molecular weight is 508 g/mol. The summed E-state index contributed by atoms with van der Waals surface area (Å²) in [5, 5.41) is 16.8. The second-order valence-corrected chi connectivity index (χ2v) is 8.92. The molecule has 0 unspecified atom stereocenters. The molecule has 186 valence electrons. The van der Waals surface area contributed by atoms with E-state index >= 15 is 0 Å². The number of nitrogens with zero attached hydrogens (tertiary/aromatic N) is 3. The Kier molecular flexibility index (Phi) is 7.87. The van der Waals surface area contributed by atoms with Crippen LogP contribution in [0, 0.1) is 22.9 Å². The number of thiocarbonyl (C=S) groups is 1. The van der Waals surface area contributed by atoms with Crippen molar-refractivity contribution in [3.63, 3.8) is 0 Å². The second-order valence-electron chi connectivity index (χ2n) is 8.52. The van der Waals surface area contributed by atoms with E-state index in [1.165, 1.54) is 31.2 Å². The van der Waals surface area contributed by atoms with E-state index in [9.17, 15) is 19.3 Å². The van der Waals surface area contributed by atoms with Crippen molar-refractivity contribution < 1.29 is 14.1 Å². The number of amides is 1. The smallest absolute Gasteiger partial charge is 0.273 e. The number of hydrogen-bond donors (Lipinski definition) is 2. The number of carbonyl (C=O) groups excluding carboxylic acids is 1. The summed E-state index contributed by atoms with van der Waals surface area (Å²) >= 11 is 5.25. The van der Waals surface area contributed by atoms with Crippen molar-refractivity contribution in [2.24, 2.45) is 0 Å². The van der Waals surface area contributed by atoms with Crippen LogP contribution in [0.1, 0.15) is 21.5 Å². The Balaban J connectivity index is 1.29. The minimum absolute atomic E-state index is 0.0976. The number of hydrogen-bond acceptors (Lipinski definition) is 6. The van der Waals surface area contributed by atoms with E-state index in [-0.39, 0.29) is 27.7 Å². The zero-order valence-electron chi connectivity index (χ0n) is 19.7. The van der Waals surface area contributed by atoms with Gasteiger partial charge in [-0.3, -0.25) is 25.1 Å². The molecular weight excluding hydrogens is 481 g/mol. The third-order valence-electron chi connectivity index (χ3n) is 6.19. The van der Waals surface area contributed by atoms with E-state index in [0.29, 0.717) is 17.8 Å². The summed E-state index contributed by atoms with van der Waals surface area (Å²) in [6, 6.07) is 18.9. The zero-order valence-corrected chi connectivity index (χ0v) is 20.6. The van der Waals surface area contributed by atoms with Crippen LogP contribution in [-0.4, -0.2) is 47.0 Å². The van der Waals surface area contributed by atoms with Crippen molar-refractivity contribution >= 4 is 40.3 Å². The molecule has 1 amide bonds. The molecule has 8 nitrogen and oxygen atoms in total. The quantitative estimate of drug-likeness (QED) is 0.289. The number of rotatable bonds is 6. The summed E-state index contributed by atoms with van der Waals surface area (Å²) in [4.78, 5) is 27.7. The fourth-order valence-electron chi connectivity index (χ4n) is 4.19. The van der Waals surface area contributed by atoms with E-state index in [1.54, 1.807) is 6.07 Å². The van der Waals surface area contributed by atoms with E-state index in [1.807, 2.05) is 36.4 Å². The highest BCUT2D eigenvalue weighted by Crippen LogP contribution is 2.22. The van der Waals surface area contributed by atoms with Gasteiger partial charge in [0.25, 0.3) is 11.6 Å². The highest BCUT2D eigenvalue weighted by atomic mass is 32.1. The van der Waals surface area contributed by atoms with Crippen LogP contribution in [-0.2, 0) is 6.54 Å². The molecule has 2 N–H and O–H groups in total. The zero-order chi connectivity index (χ0) is 25.7. The minimum atomic E-state index is -0.521. The van der Waals surface area contributed by atoms with Crippen molar-refractivity contribution in [1.82, 2.24) is 10.2 Å². The number of halogens is 1. The molecule has 3 aromatic rings. The number of carbonyl (C=O) groups is 1. The summed E-state index contributed by atoms with van der Waals surface area (Å²) in [5.41, 5.74) is 2.83. The Morgan fingerprint density at radius 1 is 1.03 bits per heavy atom. The molecule has 10 heteroatoms. The van der Waals surface area contributed by atoms with Gasteiger partial charge >= 0.3 is 0 Å². The standard InChI is InChI=1S/C26H26FN5O3S/c1-18-22(6-4-8-24(18)32(34)35)25(33)29-26(36)28-20-9-11-21(12-10-20)31-15-13-30(14-16-31)17-19-5-2-3-7-23(19)27/h2-12H,13-17H2,1H3,(H2,28,29,33,36). The maximum Gasteiger partial charge on any atom is 0.273 e. The Morgan fingerprint density at radius 3 is 2.39 bits per heavy atom. The lowest BCUT2D eigenvalue weighted by Crippen LogP contribution is -2.46. The average Bonchev–Trinajstić information content (AvgIpc) is 2.86. The molecule has 0 atom stereocenters. The first kappa shape index (κ1) is 25.2. The van der Waals surface area contributed by atoms with Crippen LogP contribution in [0.25, 0.3) is 0 Å². The molecule has 0 aromatic heterocycles. The van der Waals surface area contributed by atoms with E-state index < -0.39 is 10.8 Å². The van der Waals surface area contributed by atoms with E-state index in [4.69, 9.17) is 12.2 Å². The molecule has 0 aliphatic carbocycles. The Labute approximate surface area is 213 Å². The van der Waals surface area contributed by atoms with Gasteiger partial charge in [0, 0.05) is 66.9 Å². The number of nitro groups is 1. The molecule has 1 fully saturated rings. The van der Waals surface area contributed by atoms with Gasteiger partial charge in [-0.05, 0) is 55.5 Å². The van der Waals surface area contributed by atoms with Crippen LogP contribution in [0.15, 0.2) is 66.7 Å². The molecule has 0 radical (unpaired) electrons. The van der Waals surface area contributed by atoms with Gasteiger partial charge in [0.2, 0.25) is 0 Å². The number of nitro benzene ring substituents is 1. The van der Waals surface area contributed by atoms with Crippen LogP contribution in [0.3, 0.4) is 0 Å². The summed E-state index contributed by atoms with van der Waals surface area (Å²) < 4.78 is 13.9. The lowest BCUT2D eigenvalue weighted by atomic mass is 10.1. The monoisotopic (exact) mass is 507 g/mol. The number of anilines is 2. The fraction of sp³-hybridized carbons (Fsp3) is 0.231. The van der Waals surface area contributed by atoms with Gasteiger partial charge < -0.3 is 10.2 Å². The molecule has 4 rings (SSSR count). The molecule has 1 saturated heterocycles. The highest BCUT2D eigenvalue weighted by molar-refractivity contribution is 7.80. The second kappa shape index (κ2) is 11.2. The molecule has 1 aliphatic heterocycles. The Bertz CT molecular complexity index is 1280. The van der Waals surface area contributed by atoms with Gasteiger partial charge in [-0.25, -0.2) is 4.39 Å². The Morgan fingerprint density at radius 2 is 1.72 bits per heavy atom. The van der Waals surface area contributed by atoms with Crippen LogP contribution in [0.5, 0.6) is 0 Å². The number of piperazine rings is 1. The van der Waals surface area contributed by atoms with Gasteiger partial charge in [0.05, 0.1) is 4.92 Å². The molecule has 1 heterocycles. The van der Waals surface area contributed by atoms with Crippen LogP contribution in [0.4, 0.5) is 21.5 Å². The third kappa shape index (κ3) is 6.02. The molecule has 1 aliphatic rings.